The van der Waals surface area contributed by atoms with E-state index in [2.05, 4.69) is 15.1 Å². The quantitative estimate of drug-likeness (QED) is 0.657. The maximum atomic E-state index is 12.6. The molecule has 2 heterocycles. The molecule has 2 aromatic carbocycles. The van der Waals surface area contributed by atoms with Gasteiger partial charge >= 0.3 is 0 Å². The van der Waals surface area contributed by atoms with Crippen molar-refractivity contribution in [1.82, 2.24) is 15.1 Å². The number of nitrogens with zero attached hydrogens (tertiary/aromatic N) is 4. The Labute approximate surface area is 174 Å². The van der Waals surface area contributed by atoms with Crippen molar-refractivity contribution in [2.45, 2.75) is 0 Å². The number of anilines is 1. The SMILES string of the molecule is COc1ccc(-c2ccc(N3CCN(C(=O)c4ccc(Cl)cc4)CC3)nn2)cc1. The number of carbonyl (C=O) groups is 1. The fraction of sp³-hybridized carbons (Fsp3) is 0.227. The molecule has 29 heavy (non-hydrogen) atoms. The number of carbonyl (C=O) groups excluding carboxylic acids is 1. The Balaban J connectivity index is 1.38. The molecule has 1 saturated heterocycles. The molecule has 0 unspecified atom stereocenters. The molecule has 0 spiro atoms. The van der Waals surface area contributed by atoms with Crippen LogP contribution < -0.4 is 9.64 Å². The molecule has 3 aromatic rings. The minimum Gasteiger partial charge on any atom is -0.497 e. The van der Waals surface area contributed by atoms with Gasteiger partial charge in [0.15, 0.2) is 5.82 Å². The van der Waals surface area contributed by atoms with Gasteiger partial charge in [0.05, 0.1) is 12.8 Å². The second-order valence-electron chi connectivity index (χ2n) is 6.79. The van der Waals surface area contributed by atoms with Crippen LogP contribution in [0.15, 0.2) is 60.7 Å². The van der Waals surface area contributed by atoms with Crippen LogP contribution in [-0.4, -0.2) is 54.3 Å². The van der Waals surface area contributed by atoms with Crippen LogP contribution in [0, 0.1) is 0 Å². The highest BCUT2D eigenvalue weighted by molar-refractivity contribution is 6.30. The van der Waals surface area contributed by atoms with E-state index < -0.39 is 0 Å². The maximum absolute atomic E-state index is 12.6. The number of aromatic nitrogens is 2. The fourth-order valence-electron chi connectivity index (χ4n) is 3.32. The van der Waals surface area contributed by atoms with Crippen LogP contribution >= 0.6 is 11.6 Å². The summed E-state index contributed by atoms with van der Waals surface area (Å²) in [6.07, 6.45) is 0. The van der Waals surface area contributed by atoms with Crippen LogP contribution in [0.3, 0.4) is 0 Å². The first-order valence-corrected chi connectivity index (χ1v) is 9.80. The van der Waals surface area contributed by atoms with E-state index in [4.69, 9.17) is 16.3 Å². The third-order valence-corrected chi connectivity index (χ3v) is 5.27. The van der Waals surface area contributed by atoms with Crippen LogP contribution in [0.5, 0.6) is 5.75 Å². The van der Waals surface area contributed by atoms with E-state index in [0.717, 1.165) is 35.9 Å². The van der Waals surface area contributed by atoms with E-state index in [1.54, 1.807) is 31.4 Å². The Morgan fingerprint density at radius 2 is 1.59 bits per heavy atom. The van der Waals surface area contributed by atoms with Crippen LogP contribution in [0.4, 0.5) is 5.82 Å². The predicted octanol–water partition coefficient (Wildman–Crippen LogP) is 3.77. The monoisotopic (exact) mass is 408 g/mol. The van der Waals surface area contributed by atoms with Gasteiger partial charge in [-0.15, -0.1) is 10.2 Å². The molecule has 7 heteroatoms. The summed E-state index contributed by atoms with van der Waals surface area (Å²) >= 11 is 5.90. The smallest absolute Gasteiger partial charge is 0.253 e. The van der Waals surface area contributed by atoms with Gasteiger partial charge in [-0.05, 0) is 60.7 Å². The summed E-state index contributed by atoms with van der Waals surface area (Å²) in [4.78, 5) is 16.6. The number of piperazine rings is 1. The summed E-state index contributed by atoms with van der Waals surface area (Å²) in [5.41, 5.74) is 2.46. The molecule has 4 rings (SSSR count). The minimum atomic E-state index is 0.0299. The number of amides is 1. The van der Waals surface area contributed by atoms with Gasteiger partial charge in [-0.3, -0.25) is 4.79 Å². The molecule has 1 aliphatic rings. The second kappa shape index (κ2) is 8.49. The van der Waals surface area contributed by atoms with Crippen molar-refractivity contribution in [1.29, 1.82) is 0 Å². The number of hydrogen-bond donors (Lipinski definition) is 0. The number of ether oxygens (including phenoxy) is 1. The third-order valence-electron chi connectivity index (χ3n) is 5.02. The van der Waals surface area contributed by atoms with E-state index in [1.165, 1.54) is 0 Å². The molecule has 1 fully saturated rings. The number of benzene rings is 2. The standard InChI is InChI=1S/C22H21ClN4O2/c1-29-19-8-4-16(5-9-19)20-10-11-21(25-24-20)26-12-14-27(15-13-26)22(28)17-2-6-18(23)7-3-17/h2-11H,12-15H2,1H3. The topological polar surface area (TPSA) is 58.6 Å². The molecule has 0 atom stereocenters. The van der Waals surface area contributed by atoms with Gasteiger partial charge in [0.25, 0.3) is 5.91 Å². The lowest BCUT2D eigenvalue weighted by Gasteiger charge is -2.35. The van der Waals surface area contributed by atoms with Gasteiger partial charge in [0.2, 0.25) is 0 Å². The van der Waals surface area contributed by atoms with Gasteiger partial charge in [-0.25, -0.2) is 0 Å². The molecular weight excluding hydrogens is 388 g/mol. The fourth-order valence-corrected chi connectivity index (χ4v) is 3.45. The molecule has 1 amide bonds. The highest BCUT2D eigenvalue weighted by Crippen LogP contribution is 2.22. The highest BCUT2D eigenvalue weighted by Gasteiger charge is 2.23. The molecule has 0 bridgehead atoms. The van der Waals surface area contributed by atoms with Crippen LogP contribution in [-0.2, 0) is 0 Å². The summed E-state index contributed by atoms with van der Waals surface area (Å²) in [6.45, 7) is 2.72. The molecule has 0 radical (unpaired) electrons. The van der Waals surface area contributed by atoms with Crippen molar-refractivity contribution in [3.63, 3.8) is 0 Å². The van der Waals surface area contributed by atoms with Gasteiger partial charge in [0.1, 0.15) is 5.75 Å². The van der Waals surface area contributed by atoms with Gasteiger partial charge in [-0.2, -0.15) is 0 Å². The summed E-state index contributed by atoms with van der Waals surface area (Å²) < 4.78 is 5.19. The Kier molecular flexibility index (Phi) is 5.62. The Morgan fingerprint density at radius 3 is 2.17 bits per heavy atom. The number of halogens is 1. The largest absolute Gasteiger partial charge is 0.497 e. The summed E-state index contributed by atoms with van der Waals surface area (Å²) in [5.74, 6) is 1.66. The zero-order valence-electron chi connectivity index (χ0n) is 16.1. The lowest BCUT2D eigenvalue weighted by atomic mass is 10.1. The van der Waals surface area contributed by atoms with Crippen molar-refractivity contribution >= 4 is 23.3 Å². The first-order chi connectivity index (χ1) is 14.1. The first-order valence-electron chi connectivity index (χ1n) is 9.42. The molecule has 0 N–H and O–H groups in total. The van der Waals surface area contributed by atoms with E-state index in [9.17, 15) is 4.79 Å². The molecule has 1 aromatic heterocycles. The summed E-state index contributed by atoms with van der Waals surface area (Å²) in [7, 11) is 1.65. The van der Waals surface area contributed by atoms with Gasteiger partial charge in [0, 0.05) is 42.3 Å². The van der Waals surface area contributed by atoms with Crippen molar-refractivity contribution in [2.24, 2.45) is 0 Å². The average molecular weight is 409 g/mol. The van der Waals surface area contributed by atoms with Crippen molar-refractivity contribution in [3.05, 3.63) is 71.2 Å². The Morgan fingerprint density at radius 1 is 0.897 bits per heavy atom. The van der Waals surface area contributed by atoms with E-state index in [0.29, 0.717) is 23.7 Å². The molecule has 6 nitrogen and oxygen atoms in total. The van der Waals surface area contributed by atoms with E-state index >= 15 is 0 Å². The lowest BCUT2D eigenvalue weighted by Crippen LogP contribution is -2.49. The third kappa shape index (κ3) is 4.32. The van der Waals surface area contributed by atoms with Crippen molar-refractivity contribution in [2.75, 3.05) is 38.2 Å². The van der Waals surface area contributed by atoms with Crippen LogP contribution in [0.25, 0.3) is 11.3 Å². The normalized spacial score (nSPS) is 14.0. The molecule has 0 aliphatic carbocycles. The summed E-state index contributed by atoms with van der Waals surface area (Å²) in [6, 6.07) is 18.7. The number of hydrogen-bond acceptors (Lipinski definition) is 5. The van der Waals surface area contributed by atoms with Crippen molar-refractivity contribution < 1.29 is 9.53 Å². The maximum Gasteiger partial charge on any atom is 0.253 e. The molecular formula is C22H21ClN4O2. The predicted molar refractivity (Wildman–Crippen MR) is 114 cm³/mol. The van der Waals surface area contributed by atoms with E-state index in [-0.39, 0.29) is 5.91 Å². The zero-order valence-corrected chi connectivity index (χ0v) is 16.8. The number of rotatable bonds is 4. The van der Waals surface area contributed by atoms with Crippen LogP contribution in [0.1, 0.15) is 10.4 Å². The average Bonchev–Trinajstić information content (AvgIpc) is 2.79. The first kappa shape index (κ1) is 19.2. The minimum absolute atomic E-state index is 0.0299. The van der Waals surface area contributed by atoms with Crippen molar-refractivity contribution in [3.8, 4) is 17.0 Å². The van der Waals surface area contributed by atoms with Crippen LogP contribution in [0.2, 0.25) is 5.02 Å². The van der Waals surface area contributed by atoms with Gasteiger partial charge in [-0.1, -0.05) is 11.6 Å². The lowest BCUT2D eigenvalue weighted by molar-refractivity contribution is 0.0746. The molecule has 148 valence electrons. The number of methoxy groups -OCH3 is 1. The molecule has 1 aliphatic heterocycles. The summed E-state index contributed by atoms with van der Waals surface area (Å²) in [5, 5.41) is 9.38. The molecule has 0 saturated carbocycles. The second-order valence-corrected chi connectivity index (χ2v) is 7.23. The van der Waals surface area contributed by atoms with Gasteiger partial charge < -0.3 is 14.5 Å². The van der Waals surface area contributed by atoms with E-state index in [1.807, 2.05) is 41.3 Å². The zero-order chi connectivity index (χ0) is 20.2. The Hall–Kier alpha value is -3.12. The highest BCUT2D eigenvalue weighted by atomic mass is 35.5. The Bertz CT molecular complexity index is 967.